The number of aromatic nitrogens is 1. The summed E-state index contributed by atoms with van der Waals surface area (Å²) in [5.41, 5.74) is 3.07. The molecule has 122 valence electrons. The molecule has 0 saturated carbocycles. The maximum absolute atomic E-state index is 12.2. The molecule has 0 aliphatic heterocycles. The summed E-state index contributed by atoms with van der Waals surface area (Å²) >= 11 is 0. The fourth-order valence-corrected chi connectivity index (χ4v) is 2.56. The van der Waals surface area contributed by atoms with Crippen LogP contribution in [0.3, 0.4) is 0 Å². The normalized spacial score (nSPS) is 10.5. The van der Waals surface area contributed by atoms with Gasteiger partial charge < -0.3 is 15.0 Å². The van der Waals surface area contributed by atoms with Gasteiger partial charge in [-0.05, 0) is 42.8 Å². The number of hydrogen-bond donors (Lipinski definition) is 2. The number of esters is 1. The van der Waals surface area contributed by atoms with E-state index in [-0.39, 0.29) is 18.3 Å². The molecule has 3 rings (SSSR count). The Kier molecular flexibility index (Phi) is 4.61. The van der Waals surface area contributed by atoms with Gasteiger partial charge in [0.05, 0.1) is 18.6 Å². The highest BCUT2D eigenvalue weighted by Crippen LogP contribution is 2.19. The van der Waals surface area contributed by atoms with Gasteiger partial charge >= 0.3 is 5.97 Å². The standard InChI is InChI=1S/C19H18N2O3/c1-2-24-19(23)13-7-9-15(10-8-13)21-18(22)11-14-12-20-17-6-4-3-5-16(14)17/h3-10,12,20H,2,11H2,1H3,(H,21,22). The van der Waals surface area contributed by atoms with Gasteiger partial charge in [-0.2, -0.15) is 0 Å². The predicted octanol–water partition coefficient (Wildman–Crippen LogP) is 3.53. The number of aromatic amines is 1. The summed E-state index contributed by atoms with van der Waals surface area (Å²) in [5.74, 6) is -0.474. The third-order valence-electron chi connectivity index (χ3n) is 3.71. The van der Waals surface area contributed by atoms with Crippen molar-refractivity contribution < 1.29 is 14.3 Å². The van der Waals surface area contributed by atoms with Gasteiger partial charge in [-0.25, -0.2) is 4.79 Å². The molecule has 0 radical (unpaired) electrons. The molecular weight excluding hydrogens is 304 g/mol. The molecule has 24 heavy (non-hydrogen) atoms. The Balaban J connectivity index is 1.65. The number of para-hydroxylation sites is 1. The molecule has 2 aromatic carbocycles. The van der Waals surface area contributed by atoms with E-state index in [1.807, 2.05) is 30.5 Å². The van der Waals surface area contributed by atoms with Crippen LogP contribution < -0.4 is 5.32 Å². The molecule has 1 amide bonds. The van der Waals surface area contributed by atoms with Crippen molar-refractivity contribution in [2.45, 2.75) is 13.3 Å². The van der Waals surface area contributed by atoms with Crippen molar-refractivity contribution >= 4 is 28.5 Å². The number of hydrogen-bond acceptors (Lipinski definition) is 3. The molecule has 0 aliphatic carbocycles. The molecule has 2 N–H and O–H groups in total. The van der Waals surface area contributed by atoms with E-state index in [0.717, 1.165) is 16.5 Å². The Hall–Kier alpha value is -3.08. The summed E-state index contributed by atoms with van der Waals surface area (Å²) in [4.78, 5) is 27.0. The second-order valence-electron chi connectivity index (χ2n) is 5.38. The topological polar surface area (TPSA) is 71.2 Å². The lowest BCUT2D eigenvalue weighted by Crippen LogP contribution is -2.14. The van der Waals surface area contributed by atoms with Crippen LogP contribution in [0.25, 0.3) is 10.9 Å². The van der Waals surface area contributed by atoms with Crippen molar-refractivity contribution in [1.29, 1.82) is 0 Å². The molecule has 1 heterocycles. The largest absolute Gasteiger partial charge is 0.462 e. The number of nitrogens with one attached hydrogen (secondary N) is 2. The van der Waals surface area contributed by atoms with Gasteiger partial charge in [-0.1, -0.05) is 18.2 Å². The highest BCUT2D eigenvalue weighted by molar-refractivity contribution is 5.96. The van der Waals surface area contributed by atoms with Gasteiger partial charge in [0.1, 0.15) is 0 Å². The number of amides is 1. The molecule has 0 atom stereocenters. The zero-order valence-electron chi connectivity index (χ0n) is 13.3. The average molecular weight is 322 g/mol. The summed E-state index contributed by atoms with van der Waals surface area (Å²) in [6.45, 7) is 2.10. The van der Waals surface area contributed by atoms with Crippen LogP contribution in [0.2, 0.25) is 0 Å². The van der Waals surface area contributed by atoms with Gasteiger partial charge in [0, 0.05) is 22.8 Å². The molecule has 0 spiro atoms. The first-order valence-electron chi connectivity index (χ1n) is 7.79. The SMILES string of the molecule is CCOC(=O)c1ccc(NC(=O)Cc2c[nH]c3ccccc23)cc1. The van der Waals surface area contributed by atoms with Gasteiger partial charge in [-0.3, -0.25) is 4.79 Å². The molecule has 0 unspecified atom stereocenters. The highest BCUT2D eigenvalue weighted by atomic mass is 16.5. The lowest BCUT2D eigenvalue weighted by molar-refractivity contribution is -0.115. The summed E-state index contributed by atoms with van der Waals surface area (Å²) in [6.07, 6.45) is 2.14. The number of anilines is 1. The molecule has 5 heteroatoms. The second kappa shape index (κ2) is 7.00. The first-order valence-corrected chi connectivity index (χ1v) is 7.79. The summed E-state index contributed by atoms with van der Waals surface area (Å²) in [5, 5.41) is 3.88. The molecule has 0 fully saturated rings. The van der Waals surface area contributed by atoms with Gasteiger partial charge in [0.15, 0.2) is 0 Å². The fraction of sp³-hybridized carbons (Fsp3) is 0.158. The van der Waals surface area contributed by atoms with E-state index in [9.17, 15) is 9.59 Å². The number of rotatable bonds is 5. The molecule has 0 aliphatic rings. The van der Waals surface area contributed by atoms with Crippen molar-refractivity contribution in [2.24, 2.45) is 0 Å². The van der Waals surface area contributed by atoms with E-state index >= 15 is 0 Å². The minimum atomic E-state index is -0.367. The Morgan fingerprint density at radius 3 is 2.58 bits per heavy atom. The lowest BCUT2D eigenvalue weighted by atomic mass is 10.1. The maximum Gasteiger partial charge on any atom is 0.338 e. The predicted molar refractivity (Wildman–Crippen MR) is 93.0 cm³/mol. The molecule has 0 saturated heterocycles. The fourth-order valence-electron chi connectivity index (χ4n) is 2.56. The van der Waals surface area contributed by atoms with Crippen molar-refractivity contribution in [1.82, 2.24) is 4.98 Å². The number of carbonyl (C=O) groups excluding carboxylic acids is 2. The van der Waals surface area contributed by atoms with Crippen LogP contribution in [0.5, 0.6) is 0 Å². The van der Waals surface area contributed by atoms with E-state index in [2.05, 4.69) is 10.3 Å². The van der Waals surface area contributed by atoms with Crippen LogP contribution in [0.1, 0.15) is 22.8 Å². The number of carbonyl (C=O) groups is 2. The third kappa shape index (κ3) is 3.46. The minimum absolute atomic E-state index is 0.108. The maximum atomic E-state index is 12.2. The highest BCUT2D eigenvalue weighted by Gasteiger charge is 2.10. The van der Waals surface area contributed by atoms with Gasteiger partial charge in [-0.15, -0.1) is 0 Å². The molecule has 1 aromatic heterocycles. The summed E-state index contributed by atoms with van der Waals surface area (Å²) in [7, 11) is 0. The van der Waals surface area contributed by atoms with Crippen LogP contribution in [-0.4, -0.2) is 23.5 Å². The smallest absolute Gasteiger partial charge is 0.338 e. The van der Waals surface area contributed by atoms with Gasteiger partial charge in [0.25, 0.3) is 0 Å². The Morgan fingerprint density at radius 2 is 1.83 bits per heavy atom. The molecule has 5 nitrogen and oxygen atoms in total. The zero-order chi connectivity index (χ0) is 16.9. The van der Waals surface area contributed by atoms with Crippen LogP contribution >= 0.6 is 0 Å². The van der Waals surface area contributed by atoms with E-state index in [4.69, 9.17) is 4.74 Å². The quantitative estimate of drug-likeness (QED) is 0.706. The van der Waals surface area contributed by atoms with E-state index in [1.54, 1.807) is 31.2 Å². The van der Waals surface area contributed by atoms with Crippen molar-refractivity contribution in [3.05, 3.63) is 65.9 Å². The first kappa shape index (κ1) is 15.8. The molecule has 3 aromatic rings. The van der Waals surface area contributed by atoms with Crippen molar-refractivity contribution in [3.8, 4) is 0 Å². The number of fused-ring (bicyclic) bond motifs is 1. The lowest BCUT2D eigenvalue weighted by Gasteiger charge is -2.06. The number of H-pyrrole nitrogens is 1. The van der Waals surface area contributed by atoms with E-state index in [0.29, 0.717) is 17.9 Å². The second-order valence-corrected chi connectivity index (χ2v) is 5.38. The van der Waals surface area contributed by atoms with Crippen molar-refractivity contribution in [2.75, 3.05) is 11.9 Å². The Bertz CT molecular complexity index is 866. The Labute approximate surface area is 139 Å². The number of ether oxygens (including phenoxy) is 1. The molecular formula is C19H18N2O3. The zero-order valence-corrected chi connectivity index (χ0v) is 13.3. The summed E-state index contributed by atoms with van der Waals surface area (Å²) in [6, 6.07) is 14.5. The molecule has 0 bridgehead atoms. The van der Waals surface area contributed by atoms with E-state index in [1.165, 1.54) is 0 Å². The monoisotopic (exact) mass is 322 g/mol. The van der Waals surface area contributed by atoms with Crippen LogP contribution in [0.15, 0.2) is 54.7 Å². The van der Waals surface area contributed by atoms with Crippen molar-refractivity contribution in [3.63, 3.8) is 0 Å². The Morgan fingerprint density at radius 1 is 1.08 bits per heavy atom. The average Bonchev–Trinajstić information content (AvgIpc) is 2.99. The third-order valence-corrected chi connectivity index (χ3v) is 3.71. The van der Waals surface area contributed by atoms with Crippen LogP contribution in [0.4, 0.5) is 5.69 Å². The van der Waals surface area contributed by atoms with E-state index < -0.39 is 0 Å². The minimum Gasteiger partial charge on any atom is -0.462 e. The number of benzene rings is 2. The van der Waals surface area contributed by atoms with Crippen LogP contribution in [-0.2, 0) is 16.0 Å². The van der Waals surface area contributed by atoms with Crippen LogP contribution in [0, 0.1) is 0 Å². The first-order chi connectivity index (χ1) is 11.7. The summed E-state index contributed by atoms with van der Waals surface area (Å²) < 4.78 is 4.93. The van der Waals surface area contributed by atoms with Gasteiger partial charge in [0.2, 0.25) is 5.91 Å².